The minimum absolute atomic E-state index is 0.0440. The van der Waals surface area contributed by atoms with Crippen molar-refractivity contribution in [3.63, 3.8) is 0 Å². The first-order valence-corrected chi connectivity index (χ1v) is 6.03. The minimum Gasteiger partial charge on any atom is -0.391 e. The van der Waals surface area contributed by atoms with Gasteiger partial charge in [0.15, 0.2) is 0 Å². The molecule has 3 N–H and O–H groups in total. The summed E-state index contributed by atoms with van der Waals surface area (Å²) >= 11 is 0. The quantitative estimate of drug-likeness (QED) is 0.589. The van der Waals surface area contributed by atoms with E-state index >= 15 is 0 Å². The number of nitro groups is 1. The van der Waals surface area contributed by atoms with Crippen LogP contribution < -0.4 is 5.73 Å². The molecule has 112 valence electrons. The minimum atomic E-state index is -1.06. The van der Waals surface area contributed by atoms with E-state index in [0.717, 1.165) is 23.1 Å². The largest absolute Gasteiger partial charge is 0.391 e. The average Bonchev–Trinajstić information content (AvgIpc) is 2.80. The Balaban J connectivity index is 2.37. The molecule has 0 spiro atoms. The Hall–Kier alpha value is -2.55. The number of nitrogens with zero attached hydrogens (tertiary/aromatic N) is 2. The SMILES string of the molecule is NC(=O)C1CC(O)CN1C(=O)c1cc([N+](=O)[O-])ccc1F. The van der Waals surface area contributed by atoms with Gasteiger partial charge in [-0.2, -0.15) is 0 Å². The second-order valence-corrected chi connectivity index (χ2v) is 4.69. The summed E-state index contributed by atoms with van der Waals surface area (Å²) in [6.45, 7) is -0.186. The summed E-state index contributed by atoms with van der Waals surface area (Å²) in [4.78, 5) is 34.4. The lowest BCUT2D eigenvalue weighted by atomic mass is 10.1. The van der Waals surface area contributed by atoms with Crippen LogP contribution in [0.4, 0.5) is 10.1 Å². The number of carbonyl (C=O) groups is 2. The summed E-state index contributed by atoms with van der Waals surface area (Å²) < 4.78 is 13.7. The highest BCUT2D eigenvalue weighted by molar-refractivity contribution is 5.98. The third-order valence-corrected chi connectivity index (χ3v) is 3.26. The first-order chi connectivity index (χ1) is 9.81. The van der Waals surface area contributed by atoms with Crippen molar-refractivity contribution in [2.75, 3.05) is 6.54 Å². The summed E-state index contributed by atoms with van der Waals surface area (Å²) in [6, 6.07) is 1.46. The highest BCUT2D eigenvalue weighted by Crippen LogP contribution is 2.24. The first-order valence-electron chi connectivity index (χ1n) is 6.03. The zero-order valence-electron chi connectivity index (χ0n) is 10.7. The van der Waals surface area contributed by atoms with Crippen LogP contribution in [0, 0.1) is 15.9 Å². The summed E-state index contributed by atoms with van der Waals surface area (Å²) in [5.41, 5.74) is 4.15. The van der Waals surface area contributed by atoms with Gasteiger partial charge in [-0.1, -0.05) is 0 Å². The van der Waals surface area contributed by atoms with Gasteiger partial charge in [0.2, 0.25) is 5.91 Å². The molecule has 2 rings (SSSR count). The number of non-ortho nitro benzene ring substituents is 1. The fourth-order valence-electron chi connectivity index (χ4n) is 2.25. The van der Waals surface area contributed by atoms with Gasteiger partial charge in [0, 0.05) is 25.1 Å². The zero-order chi connectivity index (χ0) is 15.7. The van der Waals surface area contributed by atoms with Gasteiger partial charge in [0.1, 0.15) is 11.9 Å². The number of amides is 2. The number of primary amides is 1. The van der Waals surface area contributed by atoms with Gasteiger partial charge in [0.05, 0.1) is 16.6 Å². The molecule has 1 aromatic rings. The van der Waals surface area contributed by atoms with Crippen LogP contribution in [0.3, 0.4) is 0 Å². The first kappa shape index (κ1) is 14.9. The molecule has 2 atom stereocenters. The second kappa shape index (κ2) is 5.44. The maximum Gasteiger partial charge on any atom is 0.270 e. The molecule has 0 saturated carbocycles. The number of benzene rings is 1. The molecule has 21 heavy (non-hydrogen) atoms. The smallest absolute Gasteiger partial charge is 0.270 e. The molecule has 1 heterocycles. The number of hydrogen-bond acceptors (Lipinski definition) is 5. The van der Waals surface area contributed by atoms with Crippen LogP contribution in [-0.2, 0) is 4.79 Å². The molecule has 1 aliphatic rings. The van der Waals surface area contributed by atoms with E-state index in [1.165, 1.54) is 0 Å². The molecule has 0 aromatic heterocycles. The van der Waals surface area contributed by atoms with Crippen LogP contribution in [-0.4, -0.2) is 45.4 Å². The van der Waals surface area contributed by atoms with E-state index in [9.17, 15) is 29.2 Å². The lowest BCUT2D eigenvalue weighted by molar-refractivity contribution is -0.384. The van der Waals surface area contributed by atoms with Crippen molar-refractivity contribution >= 4 is 17.5 Å². The Morgan fingerprint density at radius 1 is 1.48 bits per heavy atom. The van der Waals surface area contributed by atoms with Gasteiger partial charge >= 0.3 is 0 Å². The predicted molar refractivity (Wildman–Crippen MR) is 67.7 cm³/mol. The fourth-order valence-corrected chi connectivity index (χ4v) is 2.25. The summed E-state index contributed by atoms with van der Waals surface area (Å²) in [7, 11) is 0. The number of aliphatic hydroxyl groups is 1. The Morgan fingerprint density at radius 2 is 2.14 bits per heavy atom. The van der Waals surface area contributed by atoms with Crippen molar-refractivity contribution in [1.29, 1.82) is 0 Å². The van der Waals surface area contributed by atoms with E-state index in [1.807, 2.05) is 0 Å². The molecule has 2 unspecified atom stereocenters. The van der Waals surface area contributed by atoms with Crippen LogP contribution in [0.15, 0.2) is 18.2 Å². The van der Waals surface area contributed by atoms with E-state index in [0.29, 0.717) is 0 Å². The molecule has 1 aromatic carbocycles. The van der Waals surface area contributed by atoms with Gasteiger partial charge in [0.25, 0.3) is 11.6 Å². The van der Waals surface area contributed by atoms with Crippen molar-refractivity contribution in [1.82, 2.24) is 4.90 Å². The topological polar surface area (TPSA) is 127 Å². The number of aliphatic hydroxyl groups excluding tert-OH is 1. The summed E-state index contributed by atoms with van der Waals surface area (Å²) in [6.07, 6.45) is -0.995. The Labute approximate surface area is 118 Å². The number of β-amino-alcohol motifs (C(OH)–C–C–N with tert-alkyl or cyclic N) is 1. The number of rotatable bonds is 3. The predicted octanol–water partition coefficient (Wildman–Crippen LogP) is -0.205. The van der Waals surface area contributed by atoms with Gasteiger partial charge in [-0.15, -0.1) is 0 Å². The van der Waals surface area contributed by atoms with Gasteiger partial charge in [-0.05, 0) is 6.07 Å². The molecule has 1 fully saturated rings. The van der Waals surface area contributed by atoms with Crippen LogP contribution in [0.1, 0.15) is 16.8 Å². The van der Waals surface area contributed by atoms with Crippen LogP contribution >= 0.6 is 0 Å². The number of halogens is 1. The summed E-state index contributed by atoms with van der Waals surface area (Å²) in [5.74, 6) is -2.70. The van der Waals surface area contributed by atoms with Crippen LogP contribution in [0.25, 0.3) is 0 Å². The molecule has 0 bridgehead atoms. The highest BCUT2D eigenvalue weighted by Gasteiger charge is 2.39. The fraction of sp³-hybridized carbons (Fsp3) is 0.333. The molecule has 2 amide bonds. The molecule has 1 saturated heterocycles. The van der Waals surface area contributed by atoms with Crippen LogP contribution in [0.5, 0.6) is 0 Å². The van der Waals surface area contributed by atoms with Gasteiger partial charge in [-0.3, -0.25) is 19.7 Å². The van der Waals surface area contributed by atoms with E-state index in [2.05, 4.69) is 0 Å². The second-order valence-electron chi connectivity index (χ2n) is 4.69. The molecular weight excluding hydrogens is 285 g/mol. The number of nitro benzene ring substituents is 1. The third kappa shape index (κ3) is 2.82. The standard InChI is InChI=1S/C12H12FN3O5/c13-9-2-1-6(16(20)21)3-8(9)12(19)15-5-7(17)4-10(15)11(14)18/h1-3,7,10,17H,4-5H2,(H2,14,18). The maximum absolute atomic E-state index is 13.7. The van der Waals surface area contributed by atoms with Gasteiger partial charge in [-0.25, -0.2) is 4.39 Å². The number of hydrogen-bond donors (Lipinski definition) is 2. The van der Waals surface area contributed by atoms with Crippen molar-refractivity contribution < 1.29 is 24.0 Å². The third-order valence-electron chi connectivity index (χ3n) is 3.26. The molecule has 9 heteroatoms. The maximum atomic E-state index is 13.7. The Bertz CT molecular complexity index is 621. The lowest BCUT2D eigenvalue weighted by Gasteiger charge is -2.22. The monoisotopic (exact) mass is 297 g/mol. The van der Waals surface area contributed by atoms with Crippen molar-refractivity contribution in [2.24, 2.45) is 5.73 Å². The number of carbonyl (C=O) groups excluding carboxylic acids is 2. The Morgan fingerprint density at radius 3 is 2.71 bits per heavy atom. The van der Waals surface area contributed by atoms with E-state index in [-0.39, 0.29) is 13.0 Å². The zero-order valence-corrected chi connectivity index (χ0v) is 10.7. The van der Waals surface area contributed by atoms with Crippen molar-refractivity contribution in [3.05, 3.63) is 39.7 Å². The van der Waals surface area contributed by atoms with Crippen molar-refractivity contribution in [3.8, 4) is 0 Å². The molecular formula is C12H12FN3O5. The number of nitrogens with two attached hydrogens (primary N) is 1. The molecule has 8 nitrogen and oxygen atoms in total. The average molecular weight is 297 g/mol. The molecule has 0 radical (unpaired) electrons. The van der Waals surface area contributed by atoms with Crippen LogP contribution in [0.2, 0.25) is 0 Å². The van der Waals surface area contributed by atoms with E-state index < -0.39 is 46.0 Å². The summed E-state index contributed by atoms with van der Waals surface area (Å²) in [5, 5.41) is 20.2. The Kier molecular flexibility index (Phi) is 3.85. The normalized spacial score (nSPS) is 21.3. The van der Waals surface area contributed by atoms with Crippen molar-refractivity contribution in [2.45, 2.75) is 18.6 Å². The lowest BCUT2D eigenvalue weighted by Crippen LogP contribution is -2.44. The van der Waals surface area contributed by atoms with Gasteiger partial charge < -0.3 is 15.7 Å². The van der Waals surface area contributed by atoms with E-state index in [1.54, 1.807) is 0 Å². The highest BCUT2D eigenvalue weighted by atomic mass is 19.1. The molecule has 1 aliphatic heterocycles. The molecule has 0 aliphatic carbocycles. The van der Waals surface area contributed by atoms with E-state index in [4.69, 9.17) is 5.73 Å². The number of likely N-dealkylation sites (tertiary alicyclic amines) is 1.